The molecule has 10 nitrogen and oxygen atoms in total. The molecule has 11 heteroatoms. The van der Waals surface area contributed by atoms with Gasteiger partial charge in [0.1, 0.15) is 5.60 Å². The van der Waals surface area contributed by atoms with Gasteiger partial charge in [-0.25, -0.2) is 0 Å². The first-order valence-electron chi connectivity index (χ1n) is 17.4. The second-order valence-electron chi connectivity index (χ2n) is 10.8. The second kappa shape index (κ2) is 29.6. The molecule has 0 spiro atoms. The van der Waals surface area contributed by atoms with Gasteiger partial charge in [0.05, 0.1) is 126 Å². The van der Waals surface area contributed by atoms with Crippen molar-refractivity contribution in [1.82, 2.24) is 0 Å². The number of halogens is 1. The molecule has 0 heterocycles. The van der Waals surface area contributed by atoms with Gasteiger partial charge in [0.2, 0.25) is 0 Å². The van der Waals surface area contributed by atoms with Crippen molar-refractivity contribution in [3.8, 4) is 0 Å². The van der Waals surface area contributed by atoms with Crippen LogP contribution in [0.25, 0.3) is 0 Å². The third-order valence-corrected chi connectivity index (χ3v) is 7.73. The molecule has 0 aliphatic carbocycles. The van der Waals surface area contributed by atoms with Crippen LogP contribution in [0.1, 0.15) is 16.7 Å². The van der Waals surface area contributed by atoms with E-state index in [0.717, 1.165) is 27.7 Å². The van der Waals surface area contributed by atoms with Crippen molar-refractivity contribution in [2.75, 3.05) is 130 Å². The Balaban J connectivity index is 1.11. The van der Waals surface area contributed by atoms with Crippen LogP contribution in [0.4, 0.5) is 0 Å². The van der Waals surface area contributed by atoms with Crippen LogP contribution in [0, 0.1) is 0 Å². The molecular formula is C39H55IO10. The van der Waals surface area contributed by atoms with E-state index in [4.69, 9.17) is 47.4 Å². The summed E-state index contributed by atoms with van der Waals surface area (Å²) in [6, 6.07) is 31.0. The first kappa shape index (κ1) is 42.4. The Bertz CT molecular complexity index is 1060. The molecule has 0 bridgehead atoms. The van der Waals surface area contributed by atoms with E-state index in [1.165, 1.54) is 0 Å². The van der Waals surface area contributed by atoms with Crippen LogP contribution in [-0.2, 0) is 53.0 Å². The zero-order chi connectivity index (χ0) is 35.1. The lowest BCUT2D eigenvalue weighted by Gasteiger charge is -2.36. The summed E-state index contributed by atoms with van der Waals surface area (Å²) in [7, 11) is 0. The maximum atomic E-state index is 6.73. The Morgan fingerprint density at radius 2 is 0.520 bits per heavy atom. The highest BCUT2D eigenvalue weighted by Crippen LogP contribution is 2.40. The molecule has 50 heavy (non-hydrogen) atoms. The van der Waals surface area contributed by atoms with E-state index in [2.05, 4.69) is 59.0 Å². The summed E-state index contributed by atoms with van der Waals surface area (Å²) in [5.41, 5.74) is 2.46. The number of rotatable bonds is 33. The van der Waals surface area contributed by atoms with Crippen LogP contribution in [-0.4, -0.2) is 130 Å². The summed E-state index contributed by atoms with van der Waals surface area (Å²) in [6.45, 7) is 10.1. The second-order valence-corrected chi connectivity index (χ2v) is 11.9. The van der Waals surface area contributed by atoms with Crippen LogP contribution >= 0.6 is 22.6 Å². The van der Waals surface area contributed by atoms with E-state index < -0.39 is 5.60 Å². The fraction of sp³-hybridized carbons (Fsp3) is 0.538. The normalized spacial score (nSPS) is 11.7. The lowest BCUT2D eigenvalue weighted by molar-refractivity contribution is -0.0399. The highest BCUT2D eigenvalue weighted by Gasteiger charge is 2.37. The Morgan fingerprint density at radius 1 is 0.300 bits per heavy atom. The summed E-state index contributed by atoms with van der Waals surface area (Å²) in [5, 5.41) is 0. The topological polar surface area (TPSA) is 92.3 Å². The molecule has 0 aliphatic heterocycles. The monoisotopic (exact) mass is 810 g/mol. The van der Waals surface area contributed by atoms with Crippen LogP contribution in [0.15, 0.2) is 91.0 Å². The highest BCUT2D eigenvalue weighted by atomic mass is 127. The molecule has 278 valence electrons. The lowest BCUT2D eigenvalue weighted by atomic mass is 9.80. The van der Waals surface area contributed by atoms with Gasteiger partial charge in [-0.3, -0.25) is 0 Å². The predicted octanol–water partition coefficient (Wildman–Crippen LogP) is 5.58. The molecule has 0 aliphatic rings. The van der Waals surface area contributed by atoms with Crippen molar-refractivity contribution in [3.05, 3.63) is 108 Å². The Hall–Kier alpha value is -2.01. The van der Waals surface area contributed by atoms with E-state index in [-0.39, 0.29) is 0 Å². The number of benzene rings is 3. The average Bonchev–Trinajstić information content (AvgIpc) is 3.17. The van der Waals surface area contributed by atoms with Gasteiger partial charge in [-0.2, -0.15) is 0 Å². The molecule has 0 saturated carbocycles. The fourth-order valence-corrected chi connectivity index (χ4v) is 5.25. The van der Waals surface area contributed by atoms with Crippen LogP contribution in [0.5, 0.6) is 0 Å². The van der Waals surface area contributed by atoms with Gasteiger partial charge in [0.25, 0.3) is 0 Å². The molecule has 0 fully saturated rings. The molecule has 3 rings (SSSR count). The average molecular weight is 811 g/mol. The number of hydrogen-bond acceptors (Lipinski definition) is 10. The minimum absolute atomic E-state index is 0.420. The summed E-state index contributed by atoms with van der Waals surface area (Å²) >= 11 is 2.28. The van der Waals surface area contributed by atoms with E-state index >= 15 is 0 Å². The van der Waals surface area contributed by atoms with E-state index in [0.29, 0.717) is 119 Å². The third-order valence-electron chi connectivity index (χ3n) is 7.28. The summed E-state index contributed by atoms with van der Waals surface area (Å²) in [5.74, 6) is 0. The molecule has 0 amide bonds. The largest absolute Gasteiger partial charge is 0.378 e. The lowest BCUT2D eigenvalue weighted by Crippen LogP contribution is -2.34. The minimum atomic E-state index is -0.747. The predicted molar refractivity (Wildman–Crippen MR) is 201 cm³/mol. The first-order valence-corrected chi connectivity index (χ1v) is 19.0. The van der Waals surface area contributed by atoms with Crippen LogP contribution < -0.4 is 0 Å². The summed E-state index contributed by atoms with van der Waals surface area (Å²) < 4.78 is 57.6. The van der Waals surface area contributed by atoms with Crippen molar-refractivity contribution in [3.63, 3.8) is 0 Å². The van der Waals surface area contributed by atoms with Gasteiger partial charge in [0, 0.05) is 4.43 Å². The quantitative estimate of drug-likeness (QED) is 0.0337. The molecular weight excluding hydrogens is 755 g/mol. The smallest absolute Gasteiger partial charge is 0.143 e. The number of hydrogen-bond donors (Lipinski definition) is 0. The standard InChI is InChI=1S/C39H55IO10/c40-16-17-41-18-19-42-20-21-43-22-23-44-24-25-45-26-27-46-28-29-47-30-31-48-32-33-49-34-35-50-39(36-10-4-1-5-11-36,37-12-6-2-7-13-37)38-14-8-3-9-15-38/h1-15H,16-35H2. The Morgan fingerprint density at radius 3 is 0.760 bits per heavy atom. The summed E-state index contributed by atoms with van der Waals surface area (Å²) in [4.78, 5) is 0. The molecule has 0 aromatic heterocycles. The van der Waals surface area contributed by atoms with E-state index in [9.17, 15) is 0 Å². The minimum Gasteiger partial charge on any atom is -0.378 e. The van der Waals surface area contributed by atoms with Crippen molar-refractivity contribution < 1.29 is 47.4 Å². The molecule has 0 saturated heterocycles. The third kappa shape index (κ3) is 18.0. The first-order chi connectivity index (χ1) is 24.9. The SMILES string of the molecule is ICCOCCOCCOCCOCCOCCOCCOCCOCCOCCOC(c1ccccc1)(c1ccccc1)c1ccccc1. The molecule has 0 unspecified atom stereocenters. The highest BCUT2D eigenvalue weighted by molar-refractivity contribution is 14.1. The number of alkyl halides is 1. The molecule has 0 atom stereocenters. The Labute approximate surface area is 312 Å². The van der Waals surface area contributed by atoms with Gasteiger partial charge in [-0.05, 0) is 16.7 Å². The van der Waals surface area contributed by atoms with Crippen LogP contribution in [0.3, 0.4) is 0 Å². The van der Waals surface area contributed by atoms with Gasteiger partial charge in [-0.1, -0.05) is 114 Å². The van der Waals surface area contributed by atoms with Gasteiger partial charge < -0.3 is 47.4 Å². The molecule has 3 aromatic carbocycles. The van der Waals surface area contributed by atoms with Gasteiger partial charge in [-0.15, -0.1) is 0 Å². The Kier molecular flexibility index (Phi) is 25.1. The fourth-order valence-electron chi connectivity index (χ4n) is 4.94. The zero-order valence-electron chi connectivity index (χ0n) is 29.3. The van der Waals surface area contributed by atoms with Gasteiger partial charge in [0.15, 0.2) is 0 Å². The van der Waals surface area contributed by atoms with E-state index in [1.807, 2.05) is 54.6 Å². The van der Waals surface area contributed by atoms with Crippen molar-refractivity contribution in [1.29, 1.82) is 0 Å². The summed E-state index contributed by atoms with van der Waals surface area (Å²) in [6.07, 6.45) is 0. The number of ether oxygens (including phenoxy) is 10. The molecule has 0 radical (unpaired) electrons. The molecule has 0 N–H and O–H groups in total. The van der Waals surface area contributed by atoms with Crippen molar-refractivity contribution in [2.45, 2.75) is 5.60 Å². The van der Waals surface area contributed by atoms with E-state index in [1.54, 1.807) is 0 Å². The maximum Gasteiger partial charge on any atom is 0.143 e. The zero-order valence-corrected chi connectivity index (χ0v) is 31.4. The maximum absolute atomic E-state index is 6.73. The van der Waals surface area contributed by atoms with Gasteiger partial charge >= 0.3 is 0 Å². The van der Waals surface area contributed by atoms with Crippen molar-refractivity contribution in [2.24, 2.45) is 0 Å². The van der Waals surface area contributed by atoms with Crippen LogP contribution in [0.2, 0.25) is 0 Å². The van der Waals surface area contributed by atoms with Crippen molar-refractivity contribution >= 4 is 22.6 Å². The molecule has 3 aromatic rings.